The number of alkyl halides is 3. The number of fused-ring (bicyclic) bond motifs is 1. The number of aliphatic carboxylic acids is 1. The summed E-state index contributed by atoms with van der Waals surface area (Å²) in [6.07, 6.45) is 0.194. The van der Waals surface area contributed by atoms with E-state index in [1.54, 1.807) is 6.07 Å². The lowest BCUT2D eigenvalue weighted by atomic mass is 9.99. The maximum absolute atomic E-state index is 14.3. The highest BCUT2D eigenvalue weighted by atomic mass is 19.4. The number of aromatic nitrogens is 1. The van der Waals surface area contributed by atoms with Gasteiger partial charge in [-0.2, -0.15) is 13.2 Å². The Kier molecular flexibility index (Phi) is 8.40. The highest BCUT2D eigenvalue weighted by Crippen LogP contribution is 2.39. The molecule has 0 unspecified atom stereocenters. The van der Waals surface area contributed by atoms with Crippen LogP contribution >= 0.6 is 0 Å². The Morgan fingerprint density at radius 2 is 1.66 bits per heavy atom. The van der Waals surface area contributed by atoms with Gasteiger partial charge in [-0.1, -0.05) is 43.2 Å². The van der Waals surface area contributed by atoms with Crippen LogP contribution in [0, 0.1) is 12.7 Å². The molecule has 2 aromatic carbocycles. The first-order valence-corrected chi connectivity index (χ1v) is 12.8. The lowest BCUT2D eigenvalue weighted by molar-refractivity contribution is -0.192. The summed E-state index contributed by atoms with van der Waals surface area (Å²) < 4.78 is 48.5. The van der Waals surface area contributed by atoms with Crippen molar-refractivity contribution in [1.29, 1.82) is 0 Å². The molecule has 0 spiro atoms. The molecule has 0 bridgehead atoms. The van der Waals surface area contributed by atoms with E-state index in [0.29, 0.717) is 18.0 Å². The number of nitrogens with zero attached hydrogens (tertiary/aromatic N) is 2. The van der Waals surface area contributed by atoms with Crippen molar-refractivity contribution < 1.29 is 32.3 Å². The van der Waals surface area contributed by atoms with Crippen LogP contribution in [0.5, 0.6) is 0 Å². The molecule has 6 nitrogen and oxygen atoms in total. The quantitative estimate of drug-likeness (QED) is 0.436. The van der Waals surface area contributed by atoms with Crippen molar-refractivity contribution in [2.45, 2.75) is 51.2 Å². The van der Waals surface area contributed by atoms with Crippen molar-refractivity contribution in [1.82, 2.24) is 14.8 Å². The van der Waals surface area contributed by atoms with Gasteiger partial charge in [0.2, 0.25) is 0 Å². The Morgan fingerprint density at radius 1 is 1.03 bits per heavy atom. The fraction of sp³-hybridized carbons (Fsp3) is 0.429. The molecule has 204 valence electrons. The number of nitrogens with one attached hydrogen (secondary N) is 1. The van der Waals surface area contributed by atoms with Gasteiger partial charge in [-0.15, -0.1) is 0 Å². The van der Waals surface area contributed by atoms with Gasteiger partial charge in [0.15, 0.2) is 0 Å². The maximum atomic E-state index is 14.3. The monoisotopic (exact) mass is 533 g/mol. The second kappa shape index (κ2) is 11.6. The minimum absolute atomic E-state index is 0.110. The number of carboxylic acids is 1. The number of amides is 1. The van der Waals surface area contributed by atoms with Gasteiger partial charge in [0.05, 0.1) is 5.56 Å². The van der Waals surface area contributed by atoms with Crippen LogP contribution < -0.4 is 5.32 Å². The molecule has 2 N–H and O–H groups in total. The van der Waals surface area contributed by atoms with Gasteiger partial charge in [0.25, 0.3) is 5.91 Å². The highest BCUT2D eigenvalue weighted by molar-refractivity contribution is 6.08. The summed E-state index contributed by atoms with van der Waals surface area (Å²) in [4.78, 5) is 24.7. The van der Waals surface area contributed by atoms with Crippen molar-refractivity contribution in [3.05, 3.63) is 70.7 Å². The summed E-state index contributed by atoms with van der Waals surface area (Å²) in [5.74, 6) is -2.83. The van der Waals surface area contributed by atoms with Crippen LogP contribution in [-0.2, 0) is 11.2 Å². The zero-order chi connectivity index (χ0) is 27.4. The Balaban J connectivity index is 0.000000426. The number of piperazine rings is 1. The molecule has 1 saturated carbocycles. The summed E-state index contributed by atoms with van der Waals surface area (Å²) in [6, 6.07) is 14.0. The molecule has 10 heteroatoms. The molecule has 0 radical (unpaired) electrons. The highest BCUT2D eigenvalue weighted by Gasteiger charge is 2.38. The predicted octanol–water partition coefficient (Wildman–Crippen LogP) is 5.47. The average Bonchev–Trinajstić information content (AvgIpc) is 3.52. The van der Waals surface area contributed by atoms with E-state index in [2.05, 4.69) is 28.1 Å². The largest absolute Gasteiger partial charge is 0.490 e. The molecular weight excluding hydrogens is 502 g/mol. The van der Waals surface area contributed by atoms with Crippen LogP contribution in [0.2, 0.25) is 0 Å². The first-order chi connectivity index (χ1) is 18.1. The molecular formula is C28H31F4N3O3. The molecule has 38 heavy (non-hydrogen) atoms. The molecule has 1 aliphatic heterocycles. The van der Waals surface area contributed by atoms with E-state index >= 15 is 0 Å². The molecule has 1 saturated heterocycles. The summed E-state index contributed by atoms with van der Waals surface area (Å²) in [5.41, 5.74) is 4.62. The van der Waals surface area contributed by atoms with Crippen LogP contribution in [0.15, 0.2) is 42.5 Å². The number of para-hydroxylation sites is 1. The van der Waals surface area contributed by atoms with E-state index in [1.807, 2.05) is 24.0 Å². The van der Waals surface area contributed by atoms with Crippen molar-refractivity contribution in [3.63, 3.8) is 0 Å². The molecule has 1 aliphatic carbocycles. The lowest BCUT2D eigenvalue weighted by Crippen LogP contribution is -2.46. The minimum Gasteiger partial charge on any atom is -0.475 e. The number of carboxylic acid groups (broad SMARTS) is 1. The lowest BCUT2D eigenvalue weighted by Gasteiger charge is -2.28. The smallest absolute Gasteiger partial charge is 0.475 e. The molecule has 1 aromatic heterocycles. The van der Waals surface area contributed by atoms with Crippen molar-refractivity contribution in [2.75, 3.05) is 26.2 Å². The third-order valence-corrected chi connectivity index (χ3v) is 7.30. The van der Waals surface area contributed by atoms with E-state index < -0.39 is 12.1 Å². The third-order valence-electron chi connectivity index (χ3n) is 7.30. The van der Waals surface area contributed by atoms with Gasteiger partial charge in [-0.25, -0.2) is 9.18 Å². The summed E-state index contributed by atoms with van der Waals surface area (Å²) in [7, 11) is 0. The minimum atomic E-state index is -5.08. The molecule has 5 rings (SSSR count). The Labute approximate surface area is 218 Å². The van der Waals surface area contributed by atoms with Gasteiger partial charge in [-0.05, 0) is 43.0 Å². The second-order valence-corrected chi connectivity index (χ2v) is 9.69. The van der Waals surface area contributed by atoms with Gasteiger partial charge in [-0.3, -0.25) is 4.79 Å². The summed E-state index contributed by atoms with van der Waals surface area (Å²) in [6.45, 7) is 4.93. The molecule has 1 amide bonds. The topological polar surface area (TPSA) is 74.6 Å². The normalized spacial score (nSPS) is 16.4. The summed E-state index contributed by atoms with van der Waals surface area (Å²) >= 11 is 0. The molecule has 2 heterocycles. The van der Waals surface area contributed by atoms with E-state index in [1.165, 1.54) is 18.9 Å². The fourth-order valence-corrected chi connectivity index (χ4v) is 5.36. The Bertz CT molecular complexity index is 1310. The predicted molar refractivity (Wildman–Crippen MR) is 136 cm³/mol. The number of hydrogen-bond donors (Lipinski definition) is 2. The zero-order valence-corrected chi connectivity index (χ0v) is 21.2. The SMILES string of the molecule is Cc1c(F)cccc1Cc1c(C(=O)N2CCNCC2)c2ccccc2n1C1CCCC1.O=C(O)C(F)(F)F. The van der Waals surface area contributed by atoms with Gasteiger partial charge in [0.1, 0.15) is 5.82 Å². The first-order valence-electron chi connectivity index (χ1n) is 12.8. The molecule has 2 aliphatic rings. The zero-order valence-electron chi connectivity index (χ0n) is 21.2. The maximum Gasteiger partial charge on any atom is 0.490 e. The number of carbonyl (C=O) groups is 2. The molecule has 0 atom stereocenters. The van der Waals surface area contributed by atoms with Crippen molar-refractivity contribution in [2.24, 2.45) is 0 Å². The Hall–Kier alpha value is -3.40. The Morgan fingerprint density at radius 3 is 2.29 bits per heavy atom. The van der Waals surface area contributed by atoms with Gasteiger partial charge < -0.3 is 19.9 Å². The average molecular weight is 534 g/mol. The van der Waals surface area contributed by atoms with Crippen LogP contribution in [-0.4, -0.2) is 58.8 Å². The van der Waals surface area contributed by atoms with E-state index in [0.717, 1.165) is 66.7 Å². The van der Waals surface area contributed by atoms with Crippen molar-refractivity contribution >= 4 is 22.8 Å². The molecule has 2 fully saturated rings. The van der Waals surface area contributed by atoms with Crippen LogP contribution in [0.4, 0.5) is 17.6 Å². The van der Waals surface area contributed by atoms with Crippen LogP contribution in [0.1, 0.15) is 58.9 Å². The first kappa shape index (κ1) is 27.6. The number of carbonyl (C=O) groups excluding carboxylic acids is 1. The standard InChI is InChI=1S/C26H30FN3O.C2HF3O2/c1-18-19(7-6-11-22(18)27)17-24-25(26(31)29-15-13-28-14-16-29)21-10-4-5-12-23(21)30(24)20-8-2-3-9-20;3-2(4,5)1(6)7/h4-7,10-12,20,28H,2-3,8-9,13-17H2,1H3;(H,6,7). The van der Waals surface area contributed by atoms with Gasteiger partial charge in [0, 0.05) is 55.2 Å². The van der Waals surface area contributed by atoms with Crippen molar-refractivity contribution in [3.8, 4) is 0 Å². The van der Waals surface area contributed by atoms with E-state index in [-0.39, 0.29) is 11.7 Å². The van der Waals surface area contributed by atoms with E-state index in [9.17, 15) is 22.4 Å². The third kappa shape index (κ3) is 5.85. The van der Waals surface area contributed by atoms with Gasteiger partial charge >= 0.3 is 12.1 Å². The molecule has 3 aromatic rings. The number of halogens is 4. The fourth-order valence-electron chi connectivity index (χ4n) is 5.36. The van der Waals surface area contributed by atoms with Crippen LogP contribution in [0.25, 0.3) is 10.9 Å². The van der Waals surface area contributed by atoms with Crippen LogP contribution in [0.3, 0.4) is 0 Å². The summed E-state index contributed by atoms with van der Waals surface area (Å²) in [5, 5.41) is 11.5. The second-order valence-electron chi connectivity index (χ2n) is 9.69. The number of benzene rings is 2. The number of hydrogen-bond acceptors (Lipinski definition) is 3. The number of rotatable bonds is 4. The van der Waals surface area contributed by atoms with E-state index in [4.69, 9.17) is 9.90 Å².